The predicted octanol–water partition coefficient (Wildman–Crippen LogP) is 0.138. The third-order valence-electron chi connectivity index (χ3n) is 2.13. The molecule has 0 aliphatic carbocycles. The van der Waals surface area contributed by atoms with Crippen LogP contribution >= 0.6 is 0 Å². The molecule has 0 saturated carbocycles. The van der Waals surface area contributed by atoms with Gasteiger partial charge in [-0.2, -0.15) is 5.21 Å². The zero-order chi connectivity index (χ0) is 12.1. The van der Waals surface area contributed by atoms with E-state index in [4.69, 9.17) is 4.74 Å². The number of hydrogen-bond acceptors (Lipinski definition) is 5. The van der Waals surface area contributed by atoms with Crippen molar-refractivity contribution in [1.29, 1.82) is 0 Å². The summed E-state index contributed by atoms with van der Waals surface area (Å²) in [6.07, 6.45) is 0. The number of ether oxygens (including phenoxy) is 1. The fourth-order valence-corrected chi connectivity index (χ4v) is 1.28. The number of aromatic amines is 1. The number of nitrogens with zero attached hydrogens (tertiary/aromatic N) is 3. The van der Waals surface area contributed by atoms with E-state index in [9.17, 15) is 4.79 Å². The minimum absolute atomic E-state index is 0.214. The molecule has 2 rings (SSSR count). The number of tetrazole rings is 1. The van der Waals surface area contributed by atoms with Crippen LogP contribution in [0.3, 0.4) is 0 Å². The van der Waals surface area contributed by atoms with Crippen LogP contribution in [-0.2, 0) is 6.54 Å². The van der Waals surface area contributed by atoms with Crippen molar-refractivity contribution in [2.24, 2.45) is 0 Å². The minimum Gasteiger partial charge on any atom is -0.497 e. The normalized spacial score (nSPS) is 9.94. The lowest BCUT2D eigenvalue weighted by Gasteiger charge is -2.04. The number of amides is 1. The quantitative estimate of drug-likeness (QED) is 0.783. The topological polar surface area (TPSA) is 92.8 Å². The Balaban J connectivity index is 1.99. The van der Waals surface area contributed by atoms with Gasteiger partial charge in [0.25, 0.3) is 5.91 Å². The lowest BCUT2D eigenvalue weighted by molar-refractivity contribution is 0.0949. The van der Waals surface area contributed by atoms with Crippen LogP contribution < -0.4 is 10.1 Å². The number of benzene rings is 1. The molecule has 1 amide bonds. The van der Waals surface area contributed by atoms with Crippen LogP contribution in [0.1, 0.15) is 16.2 Å². The van der Waals surface area contributed by atoms with Crippen LogP contribution in [0.4, 0.5) is 0 Å². The lowest BCUT2D eigenvalue weighted by atomic mass is 10.2. The van der Waals surface area contributed by atoms with E-state index in [1.54, 1.807) is 31.4 Å². The maximum Gasteiger partial charge on any atom is 0.251 e. The van der Waals surface area contributed by atoms with Crippen LogP contribution in [0.2, 0.25) is 0 Å². The van der Waals surface area contributed by atoms with Gasteiger partial charge in [-0.1, -0.05) is 11.3 Å². The first-order valence-electron chi connectivity index (χ1n) is 4.94. The summed E-state index contributed by atoms with van der Waals surface area (Å²) in [5.74, 6) is 0.854. The summed E-state index contributed by atoms with van der Waals surface area (Å²) < 4.78 is 5.04. The van der Waals surface area contributed by atoms with Crippen molar-refractivity contribution in [2.45, 2.75) is 6.54 Å². The number of aromatic nitrogens is 4. The molecule has 0 bridgehead atoms. The Morgan fingerprint density at radius 1 is 1.53 bits per heavy atom. The second-order valence-corrected chi connectivity index (χ2v) is 3.24. The standard InChI is InChI=1S/C10H11N5O2/c1-17-8-4-2-3-7(5-8)10(16)11-6-9-12-14-15-13-9/h2-5H,6H2,1H3,(H,11,16)(H,12,13,14,15). The number of methoxy groups -OCH3 is 1. The van der Waals surface area contributed by atoms with Gasteiger partial charge < -0.3 is 10.1 Å². The average Bonchev–Trinajstić information content (AvgIpc) is 2.89. The Kier molecular flexibility index (Phi) is 3.29. The molecule has 7 heteroatoms. The molecule has 1 aromatic carbocycles. The van der Waals surface area contributed by atoms with Crippen LogP contribution in [0.15, 0.2) is 24.3 Å². The van der Waals surface area contributed by atoms with Crippen LogP contribution in [0.25, 0.3) is 0 Å². The van der Waals surface area contributed by atoms with Gasteiger partial charge in [-0.15, -0.1) is 10.2 Å². The molecule has 88 valence electrons. The van der Waals surface area contributed by atoms with Crippen molar-refractivity contribution in [3.8, 4) is 5.75 Å². The smallest absolute Gasteiger partial charge is 0.251 e. The van der Waals surface area contributed by atoms with Gasteiger partial charge in [0.1, 0.15) is 5.75 Å². The molecule has 2 aromatic rings. The molecule has 0 aliphatic rings. The fourth-order valence-electron chi connectivity index (χ4n) is 1.28. The van der Waals surface area contributed by atoms with Crippen molar-refractivity contribution >= 4 is 5.91 Å². The minimum atomic E-state index is -0.214. The van der Waals surface area contributed by atoms with Crippen LogP contribution in [0.5, 0.6) is 5.75 Å². The Morgan fingerprint density at radius 2 is 2.41 bits per heavy atom. The summed E-state index contributed by atoms with van der Waals surface area (Å²) in [6, 6.07) is 6.89. The van der Waals surface area contributed by atoms with Gasteiger partial charge in [0.15, 0.2) is 5.82 Å². The molecule has 0 spiro atoms. The average molecular weight is 233 g/mol. The molecule has 1 aromatic heterocycles. The molecule has 1 heterocycles. The van der Waals surface area contributed by atoms with E-state index in [-0.39, 0.29) is 12.5 Å². The highest BCUT2D eigenvalue weighted by molar-refractivity contribution is 5.94. The zero-order valence-corrected chi connectivity index (χ0v) is 9.17. The van der Waals surface area contributed by atoms with Gasteiger partial charge in [-0.05, 0) is 18.2 Å². The van der Waals surface area contributed by atoms with E-state index in [0.717, 1.165) is 0 Å². The van der Waals surface area contributed by atoms with E-state index in [0.29, 0.717) is 17.1 Å². The summed E-state index contributed by atoms with van der Waals surface area (Å²) in [7, 11) is 1.55. The Labute approximate surface area is 97.2 Å². The molecule has 0 aliphatic heterocycles. The second-order valence-electron chi connectivity index (χ2n) is 3.24. The van der Waals surface area contributed by atoms with Crippen molar-refractivity contribution < 1.29 is 9.53 Å². The van der Waals surface area contributed by atoms with Gasteiger partial charge in [-0.3, -0.25) is 4.79 Å². The summed E-state index contributed by atoms with van der Waals surface area (Å²) >= 11 is 0. The number of hydrogen-bond donors (Lipinski definition) is 2. The first-order chi connectivity index (χ1) is 8.29. The third-order valence-corrected chi connectivity index (χ3v) is 2.13. The van der Waals surface area contributed by atoms with E-state index >= 15 is 0 Å². The summed E-state index contributed by atoms with van der Waals surface area (Å²) in [6.45, 7) is 0.229. The maximum atomic E-state index is 11.8. The Bertz CT molecular complexity index is 497. The van der Waals surface area contributed by atoms with Crippen molar-refractivity contribution in [3.63, 3.8) is 0 Å². The summed E-state index contributed by atoms with van der Waals surface area (Å²) in [5, 5.41) is 15.8. The Hall–Kier alpha value is -2.44. The number of nitrogens with one attached hydrogen (secondary N) is 2. The highest BCUT2D eigenvalue weighted by atomic mass is 16.5. The molecule has 7 nitrogen and oxygen atoms in total. The molecular weight excluding hydrogens is 222 g/mol. The van der Waals surface area contributed by atoms with E-state index in [1.807, 2.05) is 0 Å². The highest BCUT2D eigenvalue weighted by Crippen LogP contribution is 2.12. The van der Waals surface area contributed by atoms with Crippen LogP contribution in [0, 0.1) is 0 Å². The Morgan fingerprint density at radius 3 is 3.12 bits per heavy atom. The third kappa shape index (κ3) is 2.77. The van der Waals surface area contributed by atoms with Crippen molar-refractivity contribution in [3.05, 3.63) is 35.7 Å². The van der Waals surface area contributed by atoms with Crippen molar-refractivity contribution in [2.75, 3.05) is 7.11 Å². The van der Waals surface area contributed by atoms with E-state index < -0.39 is 0 Å². The SMILES string of the molecule is COc1cccc(C(=O)NCc2nn[nH]n2)c1. The molecule has 0 atom stereocenters. The van der Waals surface area contributed by atoms with Gasteiger partial charge in [0.2, 0.25) is 0 Å². The van der Waals surface area contributed by atoms with Gasteiger partial charge in [0, 0.05) is 5.56 Å². The van der Waals surface area contributed by atoms with E-state index in [1.165, 1.54) is 0 Å². The molecule has 0 fully saturated rings. The fraction of sp³-hybridized carbons (Fsp3) is 0.200. The second kappa shape index (κ2) is 5.06. The number of rotatable bonds is 4. The number of carbonyl (C=O) groups excluding carboxylic acids is 1. The maximum absolute atomic E-state index is 11.8. The first-order valence-corrected chi connectivity index (χ1v) is 4.94. The molecule has 2 N–H and O–H groups in total. The van der Waals surface area contributed by atoms with E-state index in [2.05, 4.69) is 25.9 Å². The molecule has 0 radical (unpaired) electrons. The van der Waals surface area contributed by atoms with Crippen molar-refractivity contribution in [1.82, 2.24) is 25.9 Å². The first kappa shape index (κ1) is 11.1. The monoisotopic (exact) mass is 233 g/mol. The van der Waals surface area contributed by atoms with Gasteiger partial charge in [-0.25, -0.2) is 0 Å². The number of H-pyrrole nitrogens is 1. The van der Waals surface area contributed by atoms with Crippen LogP contribution in [-0.4, -0.2) is 33.6 Å². The lowest BCUT2D eigenvalue weighted by Crippen LogP contribution is -2.23. The molecule has 17 heavy (non-hydrogen) atoms. The summed E-state index contributed by atoms with van der Waals surface area (Å²) in [4.78, 5) is 11.8. The largest absolute Gasteiger partial charge is 0.497 e. The molecular formula is C10H11N5O2. The zero-order valence-electron chi connectivity index (χ0n) is 9.17. The van der Waals surface area contributed by atoms with Gasteiger partial charge >= 0.3 is 0 Å². The highest BCUT2D eigenvalue weighted by Gasteiger charge is 2.07. The predicted molar refractivity (Wildman–Crippen MR) is 58.3 cm³/mol. The molecule has 0 unspecified atom stereocenters. The molecule has 0 saturated heterocycles. The van der Waals surface area contributed by atoms with Gasteiger partial charge in [0.05, 0.1) is 13.7 Å². The number of carbonyl (C=O) groups is 1. The summed E-state index contributed by atoms with van der Waals surface area (Å²) in [5.41, 5.74) is 0.521.